The van der Waals surface area contributed by atoms with E-state index >= 15 is 0 Å². The fraction of sp³-hybridized carbons (Fsp3) is 0.538. The number of benzene rings is 1. The van der Waals surface area contributed by atoms with Crippen LogP contribution in [0.4, 0.5) is 11.4 Å². The van der Waals surface area contributed by atoms with Gasteiger partial charge in [0.05, 0.1) is 17.6 Å². The second-order valence-electron chi connectivity index (χ2n) is 4.40. The molecule has 5 nitrogen and oxygen atoms in total. The molecule has 0 radical (unpaired) electrons. The third kappa shape index (κ3) is 4.33. The van der Waals surface area contributed by atoms with Crippen molar-refractivity contribution in [3.63, 3.8) is 0 Å². The highest BCUT2D eigenvalue weighted by atomic mass is 16.6. The predicted molar refractivity (Wildman–Crippen MR) is 71.8 cm³/mol. The molecule has 0 saturated carbocycles. The molecule has 18 heavy (non-hydrogen) atoms. The Balaban J connectivity index is 2.85. The standard InChI is InChI=1S/C13H20N2O3/c1-4-7-14-12-6-5-11(9-18-10(2)3)8-13(12)15(16)17/h5-6,8,10,14H,4,7,9H2,1-3H3. The zero-order valence-electron chi connectivity index (χ0n) is 11.1. The van der Waals surface area contributed by atoms with Gasteiger partial charge < -0.3 is 10.1 Å². The molecule has 0 aromatic heterocycles. The number of rotatable bonds is 7. The Labute approximate surface area is 107 Å². The zero-order valence-corrected chi connectivity index (χ0v) is 11.1. The van der Waals surface area contributed by atoms with Gasteiger partial charge in [-0.15, -0.1) is 0 Å². The van der Waals surface area contributed by atoms with Crippen LogP contribution in [0.15, 0.2) is 18.2 Å². The maximum Gasteiger partial charge on any atom is 0.292 e. The first-order chi connectivity index (χ1) is 8.54. The Hall–Kier alpha value is -1.62. The van der Waals surface area contributed by atoms with Crippen molar-refractivity contribution in [2.45, 2.75) is 39.9 Å². The topological polar surface area (TPSA) is 64.4 Å². The number of nitro groups is 1. The zero-order chi connectivity index (χ0) is 13.5. The summed E-state index contributed by atoms with van der Waals surface area (Å²) in [6.45, 7) is 7.01. The smallest absolute Gasteiger partial charge is 0.292 e. The second-order valence-corrected chi connectivity index (χ2v) is 4.40. The molecule has 0 heterocycles. The van der Waals surface area contributed by atoms with Crippen molar-refractivity contribution in [2.24, 2.45) is 0 Å². The van der Waals surface area contributed by atoms with E-state index in [-0.39, 0.29) is 16.7 Å². The molecule has 1 aromatic rings. The van der Waals surface area contributed by atoms with E-state index in [1.807, 2.05) is 26.8 Å². The van der Waals surface area contributed by atoms with Crippen molar-refractivity contribution < 1.29 is 9.66 Å². The summed E-state index contributed by atoms with van der Waals surface area (Å²) in [4.78, 5) is 10.6. The van der Waals surface area contributed by atoms with Gasteiger partial charge in [-0.1, -0.05) is 13.0 Å². The highest BCUT2D eigenvalue weighted by molar-refractivity contribution is 5.62. The summed E-state index contributed by atoms with van der Waals surface area (Å²) in [5, 5.41) is 14.1. The van der Waals surface area contributed by atoms with E-state index in [1.54, 1.807) is 12.1 Å². The Morgan fingerprint density at radius 2 is 2.17 bits per heavy atom. The summed E-state index contributed by atoms with van der Waals surface area (Å²) in [7, 11) is 0. The van der Waals surface area contributed by atoms with Crippen molar-refractivity contribution in [2.75, 3.05) is 11.9 Å². The van der Waals surface area contributed by atoms with E-state index in [4.69, 9.17) is 4.74 Å². The van der Waals surface area contributed by atoms with Crippen LogP contribution in [0.1, 0.15) is 32.8 Å². The molecule has 0 atom stereocenters. The van der Waals surface area contributed by atoms with Gasteiger partial charge in [-0.2, -0.15) is 0 Å². The number of hydrogen-bond acceptors (Lipinski definition) is 4. The number of ether oxygens (including phenoxy) is 1. The summed E-state index contributed by atoms with van der Waals surface area (Å²) in [6.07, 6.45) is 1.04. The molecular weight excluding hydrogens is 232 g/mol. The lowest BCUT2D eigenvalue weighted by Crippen LogP contribution is -2.05. The molecule has 1 rings (SSSR count). The minimum Gasteiger partial charge on any atom is -0.380 e. The Morgan fingerprint density at radius 1 is 1.44 bits per heavy atom. The van der Waals surface area contributed by atoms with E-state index in [0.29, 0.717) is 12.3 Å². The Kier molecular flexibility index (Phi) is 5.58. The number of hydrogen-bond donors (Lipinski definition) is 1. The average molecular weight is 252 g/mol. The van der Waals surface area contributed by atoms with Crippen molar-refractivity contribution in [1.29, 1.82) is 0 Å². The van der Waals surface area contributed by atoms with E-state index < -0.39 is 0 Å². The van der Waals surface area contributed by atoms with Gasteiger partial charge in [0.15, 0.2) is 0 Å². The predicted octanol–water partition coefficient (Wildman–Crippen LogP) is 3.34. The minimum absolute atomic E-state index is 0.105. The average Bonchev–Trinajstić information content (AvgIpc) is 2.34. The third-order valence-corrected chi connectivity index (χ3v) is 2.41. The molecule has 0 bridgehead atoms. The van der Waals surface area contributed by atoms with Crippen molar-refractivity contribution in [1.82, 2.24) is 0 Å². The van der Waals surface area contributed by atoms with Gasteiger partial charge in [-0.05, 0) is 31.9 Å². The molecule has 1 N–H and O–H groups in total. The summed E-state index contributed by atoms with van der Waals surface area (Å²) in [6, 6.07) is 5.17. The summed E-state index contributed by atoms with van der Waals surface area (Å²) < 4.78 is 5.44. The summed E-state index contributed by atoms with van der Waals surface area (Å²) >= 11 is 0. The number of nitro benzene ring substituents is 1. The van der Waals surface area contributed by atoms with Gasteiger partial charge in [0, 0.05) is 12.6 Å². The van der Waals surface area contributed by atoms with Gasteiger partial charge >= 0.3 is 0 Å². The molecule has 0 fully saturated rings. The molecule has 0 aliphatic rings. The molecule has 0 unspecified atom stereocenters. The third-order valence-electron chi connectivity index (χ3n) is 2.41. The number of anilines is 1. The minimum atomic E-state index is -0.364. The number of nitrogens with zero attached hydrogens (tertiary/aromatic N) is 1. The van der Waals surface area contributed by atoms with Crippen LogP contribution in [-0.2, 0) is 11.3 Å². The molecule has 0 saturated heterocycles. The lowest BCUT2D eigenvalue weighted by molar-refractivity contribution is -0.384. The Bertz CT molecular complexity index is 405. The van der Waals surface area contributed by atoms with Crippen LogP contribution in [0.5, 0.6) is 0 Å². The summed E-state index contributed by atoms with van der Waals surface area (Å²) in [5.41, 5.74) is 1.49. The van der Waals surface area contributed by atoms with Crippen LogP contribution in [0.2, 0.25) is 0 Å². The van der Waals surface area contributed by atoms with Crippen LogP contribution in [0, 0.1) is 10.1 Å². The molecule has 5 heteroatoms. The van der Waals surface area contributed by atoms with Crippen LogP contribution in [0.3, 0.4) is 0 Å². The maximum atomic E-state index is 11.0. The van der Waals surface area contributed by atoms with Crippen LogP contribution < -0.4 is 5.32 Å². The molecule has 1 aromatic carbocycles. The van der Waals surface area contributed by atoms with Crippen molar-refractivity contribution >= 4 is 11.4 Å². The number of nitrogens with one attached hydrogen (secondary N) is 1. The highest BCUT2D eigenvalue weighted by Gasteiger charge is 2.14. The van der Waals surface area contributed by atoms with Crippen molar-refractivity contribution in [3.05, 3.63) is 33.9 Å². The van der Waals surface area contributed by atoms with Crippen LogP contribution >= 0.6 is 0 Å². The van der Waals surface area contributed by atoms with E-state index in [1.165, 1.54) is 0 Å². The lowest BCUT2D eigenvalue weighted by Gasteiger charge is -2.10. The van der Waals surface area contributed by atoms with Gasteiger partial charge in [-0.3, -0.25) is 10.1 Å². The van der Waals surface area contributed by atoms with E-state index in [9.17, 15) is 10.1 Å². The van der Waals surface area contributed by atoms with Crippen LogP contribution in [0.25, 0.3) is 0 Å². The highest BCUT2D eigenvalue weighted by Crippen LogP contribution is 2.26. The normalized spacial score (nSPS) is 10.7. The first-order valence-corrected chi connectivity index (χ1v) is 6.17. The molecular formula is C13H20N2O3. The quantitative estimate of drug-likeness (QED) is 0.597. The Morgan fingerprint density at radius 3 is 2.72 bits per heavy atom. The fourth-order valence-corrected chi connectivity index (χ4v) is 1.49. The monoisotopic (exact) mass is 252 g/mol. The molecule has 0 aliphatic carbocycles. The van der Waals surface area contributed by atoms with Crippen molar-refractivity contribution in [3.8, 4) is 0 Å². The SMILES string of the molecule is CCCNc1ccc(COC(C)C)cc1[N+](=O)[O-]. The van der Waals surface area contributed by atoms with Crippen LogP contribution in [-0.4, -0.2) is 17.6 Å². The second kappa shape index (κ2) is 6.96. The van der Waals surface area contributed by atoms with Gasteiger partial charge in [-0.25, -0.2) is 0 Å². The molecule has 0 amide bonds. The first kappa shape index (κ1) is 14.4. The molecule has 100 valence electrons. The maximum absolute atomic E-state index is 11.0. The lowest BCUT2D eigenvalue weighted by atomic mass is 10.2. The fourth-order valence-electron chi connectivity index (χ4n) is 1.49. The first-order valence-electron chi connectivity index (χ1n) is 6.17. The molecule has 0 aliphatic heterocycles. The summed E-state index contributed by atoms with van der Waals surface area (Å²) in [5.74, 6) is 0. The largest absolute Gasteiger partial charge is 0.380 e. The van der Waals surface area contributed by atoms with Gasteiger partial charge in [0.1, 0.15) is 5.69 Å². The molecule has 0 spiro atoms. The van der Waals surface area contributed by atoms with Gasteiger partial charge in [0.2, 0.25) is 0 Å². The van der Waals surface area contributed by atoms with E-state index in [0.717, 1.165) is 18.5 Å². The van der Waals surface area contributed by atoms with Gasteiger partial charge in [0.25, 0.3) is 5.69 Å². The van der Waals surface area contributed by atoms with E-state index in [2.05, 4.69) is 5.32 Å².